The Labute approximate surface area is 147 Å². The second kappa shape index (κ2) is 6.59. The first kappa shape index (κ1) is 16.3. The largest absolute Gasteiger partial charge is 0.375 e. The van der Waals surface area contributed by atoms with Crippen molar-refractivity contribution in [2.75, 3.05) is 19.7 Å². The average molecular weight is 341 g/mol. The van der Waals surface area contributed by atoms with Crippen LogP contribution < -0.4 is 0 Å². The van der Waals surface area contributed by atoms with Crippen molar-refractivity contribution in [2.24, 2.45) is 11.3 Å². The summed E-state index contributed by atoms with van der Waals surface area (Å²) >= 11 is 0. The van der Waals surface area contributed by atoms with E-state index in [1.54, 1.807) is 19.2 Å². The molecule has 6 nitrogen and oxygen atoms in total. The number of rotatable bonds is 5. The lowest BCUT2D eigenvalue weighted by Crippen LogP contribution is -2.34. The van der Waals surface area contributed by atoms with E-state index in [4.69, 9.17) is 9.26 Å². The number of ether oxygens (including phenoxy) is 1. The summed E-state index contributed by atoms with van der Waals surface area (Å²) in [6.07, 6.45) is 5.27. The van der Waals surface area contributed by atoms with Crippen molar-refractivity contribution in [3.63, 3.8) is 0 Å². The molecule has 2 aromatic heterocycles. The van der Waals surface area contributed by atoms with Gasteiger partial charge in [0, 0.05) is 30.8 Å². The van der Waals surface area contributed by atoms with Crippen molar-refractivity contribution in [3.8, 4) is 0 Å². The van der Waals surface area contributed by atoms with Crippen molar-refractivity contribution >= 4 is 5.91 Å². The molecule has 1 saturated carbocycles. The Bertz CT molecular complexity index is 745. The second-order valence-corrected chi connectivity index (χ2v) is 7.27. The van der Waals surface area contributed by atoms with Gasteiger partial charge in [-0.05, 0) is 37.8 Å². The summed E-state index contributed by atoms with van der Waals surface area (Å²) in [6, 6.07) is 7.56. The van der Waals surface area contributed by atoms with E-state index in [9.17, 15) is 4.79 Å². The molecule has 0 N–H and O–H groups in total. The minimum Gasteiger partial charge on any atom is -0.375 e. The summed E-state index contributed by atoms with van der Waals surface area (Å²) in [6.45, 7) is 4.53. The maximum atomic E-state index is 12.7. The summed E-state index contributed by atoms with van der Waals surface area (Å²) < 4.78 is 11.1. The Morgan fingerprint density at radius 3 is 3.16 bits per heavy atom. The van der Waals surface area contributed by atoms with Crippen LogP contribution in [0.25, 0.3) is 0 Å². The van der Waals surface area contributed by atoms with E-state index in [0.29, 0.717) is 30.6 Å². The van der Waals surface area contributed by atoms with Gasteiger partial charge >= 0.3 is 0 Å². The van der Waals surface area contributed by atoms with E-state index in [1.165, 1.54) is 6.42 Å². The third-order valence-electron chi connectivity index (χ3n) is 5.54. The van der Waals surface area contributed by atoms with Crippen LogP contribution in [0.3, 0.4) is 0 Å². The SMILES string of the molecule is Cc1cc(C(=O)N2C[C@H]3CCC[C@@]3(COCc3ccccn3)C2)no1. The Hall–Kier alpha value is -2.21. The molecule has 6 heteroatoms. The number of nitrogens with zero attached hydrogens (tertiary/aromatic N) is 3. The molecular formula is C19H23N3O3. The predicted molar refractivity (Wildman–Crippen MR) is 90.8 cm³/mol. The molecule has 132 valence electrons. The van der Waals surface area contributed by atoms with Gasteiger partial charge in [-0.25, -0.2) is 0 Å². The molecule has 1 aliphatic heterocycles. The van der Waals surface area contributed by atoms with Gasteiger partial charge in [-0.1, -0.05) is 17.6 Å². The highest BCUT2D eigenvalue weighted by Gasteiger charge is 2.51. The molecule has 0 unspecified atom stereocenters. The maximum absolute atomic E-state index is 12.7. The van der Waals surface area contributed by atoms with Gasteiger partial charge in [0.25, 0.3) is 5.91 Å². The zero-order valence-corrected chi connectivity index (χ0v) is 14.5. The lowest BCUT2D eigenvalue weighted by atomic mass is 9.81. The third-order valence-corrected chi connectivity index (χ3v) is 5.54. The van der Waals surface area contributed by atoms with Crippen LogP contribution in [-0.2, 0) is 11.3 Å². The fourth-order valence-electron chi connectivity index (χ4n) is 4.28. The number of aromatic nitrogens is 2. The van der Waals surface area contributed by atoms with Gasteiger partial charge < -0.3 is 14.2 Å². The van der Waals surface area contributed by atoms with Gasteiger partial charge in [0.2, 0.25) is 0 Å². The Kier molecular flexibility index (Phi) is 4.29. The molecular weight excluding hydrogens is 318 g/mol. The molecule has 0 aromatic carbocycles. The normalized spacial score (nSPS) is 25.3. The van der Waals surface area contributed by atoms with Gasteiger partial charge in [-0.15, -0.1) is 0 Å². The minimum atomic E-state index is -0.0321. The molecule has 0 bridgehead atoms. The number of pyridine rings is 1. The number of hydrogen-bond donors (Lipinski definition) is 0. The van der Waals surface area contributed by atoms with Crippen molar-refractivity contribution in [3.05, 3.63) is 47.6 Å². The van der Waals surface area contributed by atoms with E-state index >= 15 is 0 Å². The molecule has 2 fully saturated rings. The lowest BCUT2D eigenvalue weighted by Gasteiger charge is -2.28. The van der Waals surface area contributed by atoms with Crippen molar-refractivity contribution in [1.82, 2.24) is 15.0 Å². The first-order chi connectivity index (χ1) is 12.2. The molecule has 1 saturated heterocycles. The number of amides is 1. The van der Waals surface area contributed by atoms with Gasteiger partial charge in [0.05, 0.1) is 18.9 Å². The molecule has 25 heavy (non-hydrogen) atoms. The quantitative estimate of drug-likeness (QED) is 0.836. The maximum Gasteiger partial charge on any atom is 0.276 e. The smallest absolute Gasteiger partial charge is 0.276 e. The minimum absolute atomic E-state index is 0.0321. The van der Waals surface area contributed by atoms with Gasteiger partial charge in [-0.2, -0.15) is 0 Å². The summed E-state index contributed by atoms with van der Waals surface area (Å²) in [5, 5.41) is 3.87. The Morgan fingerprint density at radius 1 is 1.48 bits per heavy atom. The number of carbonyl (C=O) groups is 1. The summed E-state index contributed by atoms with van der Waals surface area (Å²) in [5.74, 6) is 1.14. The molecule has 1 aliphatic carbocycles. The predicted octanol–water partition coefficient (Wildman–Crippen LogP) is 2.84. The zero-order chi connectivity index (χ0) is 17.3. The van der Waals surface area contributed by atoms with Crippen LogP contribution in [0.4, 0.5) is 0 Å². The summed E-state index contributed by atoms with van der Waals surface area (Å²) in [4.78, 5) is 18.9. The Balaban J connectivity index is 1.41. The van der Waals surface area contributed by atoms with E-state index in [0.717, 1.165) is 31.6 Å². The molecule has 2 aliphatic rings. The molecule has 3 heterocycles. The molecule has 1 amide bonds. The molecule has 4 rings (SSSR count). The number of aryl methyl sites for hydroxylation is 1. The van der Waals surface area contributed by atoms with E-state index < -0.39 is 0 Å². The van der Waals surface area contributed by atoms with Crippen LogP contribution >= 0.6 is 0 Å². The molecule has 0 radical (unpaired) electrons. The van der Waals surface area contributed by atoms with Gasteiger partial charge in [0.15, 0.2) is 5.69 Å². The zero-order valence-electron chi connectivity index (χ0n) is 14.5. The van der Waals surface area contributed by atoms with Gasteiger partial charge in [0.1, 0.15) is 5.76 Å². The van der Waals surface area contributed by atoms with Crippen LogP contribution in [0.1, 0.15) is 41.2 Å². The monoisotopic (exact) mass is 341 g/mol. The van der Waals surface area contributed by atoms with Crippen LogP contribution in [0.2, 0.25) is 0 Å². The van der Waals surface area contributed by atoms with Crippen molar-refractivity contribution in [2.45, 2.75) is 32.8 Å². The molecule has 2 atom stereocenters. The highest BCUT2D eigenvalue weighted by Crippen LogP contribution is 2.49. The number of hydrogen-bond acceptors (Lipinski definition) is 5. The Morgan fingerprint density at radius 2 is 2.40 bits per heavy atom. The molecule has 0 spiro atoms. The van der Waals surface area contributed by atoms with E-state index in [-0.39, 0.29) is 11.3 Å². The summed E-state index contributed by atoms with van der Waals surface area (Å²) in [7, 11) is 0. The first-order valence-corrected chi connectivity index (χ1v) is 8.87. The van der Waals surface area contributed by atoms with Crippen LogP contribution in [-0.4, -0.2) is 40.6 Å². The van der Waals surface area contributed by atoms with Crippen LogP contribution in [0.15, 0.2) is 35.0 Å². The number of likely N-dealkylation sites (tertiary alicyclic amines) is 1. The second-order valence-electron chi connectivity index (χ2n) is 7.27. The van der Waals surface area contributed by atoms with Crippen molar-refractivity contribution < 1.29 is 14.1 Å². The number of carbonyl (C=O) groups excluding carboxylic acids is 1. The number of fused-ring (bicyclic) bond motifs is 1. The lowest BCUT2D eigenvalue weighted by molar-refractivity contribution is 0.0251. The highest BCUT2D eigenvalue weighted by atomic mass is 16.5. The summed E-state index contributed by atoms with van der Waals surface area (Å²) in [5.41, 5.74) is 1.42. The standard InChI is InChI=1S/C19H23N3O3/c1-14-9-17(21-25-14)18(23)22-10-15-5-4-7-19(15,12-22)13-24-11-16-6-2-3-8-20-16/h2-3,6,8-9,15H,4-5,7,10-13H2,1H3/t15-,19+/m1/s1. The fourth-order valence-corrected chi connectivity index (χ4v) is 4.28. The third kappa shape index (κ3) is 3.18. The van der Waals surface area contributed by atoms with Gasteiger partial charge in [-0.3, -0.25) is 9.78 Å². The molecule has 2 aromatic rings. The topological polar surface area (TPSA) is 68.5 Å². The van der Waals surface area contributed by atoms with E-state index in [2.05, 4.69) is 10.1 Å². The average Bonchev–Trinajstić information content (AvgIpc) is 3.29. The first-order valence-electron chi connectivity index (χ1n) is 8.87. The van der Waals surface area contributed by atoms with E-state index in [1.807, 2.05) is 23.1 Å². The fraction of sp³-hybridized carbons (Fsp3) is 0.526. The van der Waals surface area contributed by atoms with Crippen molar-refractivity contribution in [1.29, 1.82) is 0 Å². The highest BCUT2D eigenvalue weighted by molar-refractivity contribution is 5.92. The van der Waals surface area contributed by atoms with Crippen LogP contribution in [0.5, 0.6) is 0 Å². The van der Waals surface area contributed by atoms with Crippen LogP contribution in [0, 0.1) is 18.3 Å².